The smallest absolute Gasteiger partial charge is 0.277 e. The highest BCUT2D eigenvalue weighted by Gasteiger charge is 2.27. The van der Waals surface area contributed by atoms with E-state index >= 15 is 0 Å². The number of rotatable bonds is 7. The molecule has 0 aliphatic rings. The van der Waals surface area contributed by atoms with E-state index in [9.17, 15) is 15.2 Å². The van der Waals surface area contributed by atoms with E-state index in [-0.39, 0.29) is 30.5 Å². The average Bonchev–Trinajstić information content (AvgIpc) is 2.43. The summed E-state index contributed by atoms with van der Waals surface area (Å²) >= 11 is 0. The first-order valence-corrected chi connectivity index (χ1v) is 6.63. The minimum Gasteiger partial charge on any atom is -0.493 e. The van der Waals surface area contributed by atoms with Gasteiger partial charge in [-0.3, -0.25) is 10.1 Å². The Morgan fingerprint density at radius 3 is 2.48 bits per heavy atom. The van der Waals surface area contributed by atoms with E-state index in [1.54, 1.807) is 6.92 Å². The summed E-state index contributed by atoms with van der Waals surface area (Å²) < 4.78 is 10.7. The van der Waals surface area contributed by atoms with Crippen molar-refractivity contribution in [1.82, 2.24) is 0 Å². The quantitative estimate of drug-likeness (QED) is 0.587. The molecule has 1 aromatic carbocycles. The van der Waals surface area contributed by atoms with Crippen LogP contribution in [0.5, 0.6) is 11.5 Å². The first-order valence-electron chi connectivity index (χ1n) is 6.63. The molecule has 0 radical (unpaired) electrons. The first kappa shape index (κ1) is 17.2. The van der Waals surface area contributed by atoms with Crippen molar-refractivity contribution < 1.29 is 19.5 Å². The number of nitrogens with two attached hydrogens (primary N) is 1. The normalized spacial score (nSPS) is 13.9. The number of aliphatic hydroxyl groups is 1. The van der Waals surface area contributed by atoms with Crippen LogP contribution in [0.15, 0.2) is 12.1 Å². The molecule has 0 aliphatic heterocycles. The molecule has 1 aromatic rings. The van der Waals surface area contributed by atoms with Gasteiger partial charge in [-0.05, 0) is 18.9 Å². The fraction of sp³-hybridized carbons (Fsp3) is 0.571. The zero-order valence-corrected chi connectivity index (χ0v) is 12.8. The van der Waals surface area contributed by atoms with E-state index in [0.29, 0.717) is 11.3 Å². The lowest BCUT2D eigenvalue weighted by Crippen LogP contribution is -2.37. The number of nitrogens with zero attached hydrogens (tertiary/aromatic N) is 1. The monoisotopic (exact) mass is 298 g/mol. The number of hydrogen-bond donors (Lipinski definition) is 2. The Balaban J connectivity index is 3.11. The van der Waals surface area contributed by atoms with Gasteiger partial charge in [0.2, 0.25) is 0 Å². The van der Waals surface area contributed by atoms with Crippen LogP contribution in [-0.4, -0.2) is 29.3 Å². The van der Waals surface area contributed by atoms with Crippen LogP contribution < -0.4 is 15.2 Å². The maximum atomic E-state index is 11.0. The van der Waals surface area contributed by atoms with Crippen molar-refractivity contribution in [3.63, 3.8) is 0 Å². The van der Waals surface area contributed by atoms with Crippen molar-refractivity contribution in [2.45, 2.75) is 32.9 Å². The molecule has 0 spiro atoms. The van der Waals surface area contributed by atoms with Gasteiger partial charge in [0.05, 0.1) is 23.7 Å². The number of nitro groups is 1. The van der Waals surface area contributed by atoms with Crippen LogP contribution >= 0.6 is 0 Å². The van der Waals surface area contributed by atoms with Gasteiger partial charge in [-0.25, -0.2) is 0 Å². The number of hydrogen-bond acceptors (Lipinski definition) is 6. The predicted octanol–water partition coefficient (Wildman–Crippen LogP) is 1.85. The molecule has 0 heterocycles. The molecule has 0 bridgehead atoms. The summed E-state index contributed by atoms with van der Waals surface area (Å²) in [5.41, 5.74) is 4.69. The highest BCUT2D eigenvalue weighted by Crippen LogP contribution is 2.35. The zero-order valence-electron chi connectivity index (χ0n) is 12.8. The van der Waals surface area contributed by atoms with Crippen LogP contribution in [0.1, 0.15) is 26.3 Å². The lowest BCUT2D eigenvalue weighted by Gasteiger charge is -2.27. The molecule has 7 heteroatoms. The summed E-state index contributed by atoms with van der Waals surface area (Å²) in [5, 5.41) is 21.2. The minimum atomic E-state index is -1.05. The van der Waals surface area contributed by atoms with E-state index in [4.69, 9.17) is 15.2 Å². The second-order valence-electron chi connectivity index (χ2n) is 5.39. The van der Waals surface area contributed by atoms with E-state index in [1.165, 1.54) is 19.2 Å². The zero-order chi connectivity index (χ0) is 16.2. The second-order valence-corrected chi connectivity index (χ2v) is 5.39. The van der Waals surface area contributed by atoms with Crippen LogP contribution in [-0.2, 0) is 6.54 Å². The van der Waals surface area contributed by atoms with Crippen molar-refractivity contribution in [2.75, 3.05) is 13.7 Å². The Bertz CT molecular complexity index is 514. The molecule has 7 nitrogen and oxygen atoms in total. The molecule has 0 saturated carbocycles. The summed E-state index contributed by atoms with van der Waals surface area (Å²) in [7, 11) is 1.44. The highest BCUT2D eigenvalue weighted by molar-refractivity contribution is 5.54. The minimum absolute atomic E-state index is 0.000151. The van der Waals surface area contributed by atoms with E-state index < -0.39 is 10.5 Å². The van der Waals surface area contributed by atoms with Gasteiger partial charge < -0.3 is 20.3 Å². The van der Waals surface area contributed by atoms with Crippen LogP contribution in [0, 0.1) is 16.0 Å². The molecule has 118 valence electrons. The van der Waals surface area contributed by atoms with Gasteiger partial charge in [0.1, 0.15) is 6.61 Å². The Kier molecular flexibility index (Phi) is 5.51. The summed E-state index contributed by atoms with van der Waals surface area (Å²) in [5.74, 6) is 0.532. The molecule has 21 heavy (non-hydrogen) atoms. The third-order valence-corrected chi connectivity index (χ3v) is 3.55. The largest absolute Gasteiger partial charge is 0.493 e. The molecule has 0 amide bonds. The Morgan fingerprint density at radius 2 is 2.05 bits per heavy atom. The Morgan fingerprint density at radius 1 is 1.43 bits per heavy atom. The fourth-order valence-corrected chi connectivity index (χ4v) is 1.59. The van der Waals surface area contributed by atoms with Crippen LogP contribution in [0.4, 0.5) is 5.69 Å². The topological polar surface area (TPSA) is 108 Å². The van der Waals surface area contributed by atoms with Crippen molar-refractivity contribution in [3.8, 4) is 11.5 Å². The molecule has 3 N–H and O–H groups in total. The number of ether oxygens (including phenoxy) is 2. The lowest BCUT2D eigenvalue weighted by molar-refractivity contribution is -0.385. The van der Waals surface area contributed by atoms with Gasteiger partial charge in [-0.15, -0.1) is 0 Å². The summed E-state index contributed by atoms with van der Waals surface area (Å²) in [6.45, 7) is 5.39. The maximum Gasteiger partial charge on any atom is 0.277 e. The van der Waals surface area contributed by atoms with Gasteiger partial charge >= 0.3 is 0 Å². The Hall–Kier alpha value is -1.86. The van der Waals surface area contributed by atoms with E-state index in [1.807, 2.05) is 13.8 Å². The molecule has 1 atom stereocenters. The van der Waals surface area contributed by atoms with E-state index in [2.05, 4.69) is 0 Å². The summed E-state index contributed by atoms with van der Waals surface area (Å²) in [6.07, 6.45) is 0. The van der Waals surface area contributed by atoms with Gasteiger partial charge in [-0.1, -0.05) is 13.8 Å². The number of methoxy groups -OCH3 is 1. The predicted molar refractivity (Wildman–Crippen MR) is 78.5 cm³/mol. The second kappa shape index (κ2) is 6.73. The molecule has 1 unspecified atom stereocenters. The molecule has 0 aliphatic carbocycles. The lowest BCUT2D eigenvalue weighted by atomic mass is 9.94. The standard InChI is InChI=1S/C14H22N2O5/c1-9(2)14(3,17)8-21-13-6-11(16(18)19)10(7-15)5-12(13)20-4/h5-6,9,17H,7-8,15H2,1-4H3. The van der Waals surface area contributed by atoms with Gasteiger partial charge in [0.15, 0.2) is 11.5 Å². The summed E-state index contributed by atoms with van der Waals surface area (Å²) in [6, 6.07) is 2.76. The van der Waals surface area contributed by atoms with Crippen LogP contribution in [0.2, 0.25) is 0 Å². The van der Waals surface area contributed by atoms with Crippen molar-refractivity contribution in [3.05, 3.63) is 27.8 Å². The average molecular weight is 298 g/mol. The molecular weight excluding hydrogens is 276 g/mol. The van der Waals surface area contributed by atoms with Crippen molar-refractivity contribution in [1.29, 1.82) is 0 Å². The van der Waals surface area contributed by atoms with E-state index in [0.717, 1.165) is 0 Å². The highest BCUT2D eigenvalue weighted by atomic mass is 16.6. The molecule has 0 fully saturated rings. The van der Waals surface area contributed by atoms with Gasteiger partial charge in [0.25, 0.3) is 5.69 Å². The van der Waals surface area contributed by atoms with Gasteiger partial charge in [0, 0.05) is 12.1 Å². The SMILES string of the molecule is COc1cc(CN)c([N+](=O)[O-])cc1OCC(C)(O)C(C)C. The molecule has 1 rings (SSSR count). The first-order chi connectivity index (χ1) is 9.72. The maximum absolute atomic E-state index is 11.0. The molecule has 0 aromatic heterocycles. The third kappa shape index (κ3) is 4.05. The number of nitro benzene ring substituents is 1. The van der Waals surface area contributed by atoms with Crippen molar-refractivity contribution >= 4 is 5.69 Å². The fourth-order valence-electron chi connectivity index (χ4n) is 1.59. The Labute approximate surface area is 123 Å². The molecular formula is C14H22N2O5. The van der Waals surface area contributed by atoms with Crippen LogP contribution in [0.25, 0.3) is 0 Å². The number of benzene rings is 1. The van der Waals surface area contributed by atoms with Gasteiger partial charge in [-0.2, -0.15) is 0 Å². The summed E-state index contributed by atoms with van der Waals surface area (Å²) in [4.78, 5) is 10.5. The third-order valence-electron chi connectivity index (χ3n) is 3.55. The molecule has 0 saturated heterocycles. The van der Waals surface area contributed by atoms with Crippen LogP contribution in [0.3, 0.4) is 0 Å². The van der Waals surface area contributed by atoms with Crippen molar-refractivity contribution in [2.24, 2.45) is 11.7 Å².